The Bertz CT molecular complexity index is 762. The van der Waals surface area contributed by atoms with Gasteiger partial charge >= 0.3 is 11.9 Å². The minimum atomic E-state index is -0.178. The van der Waals surface area contributed by atoms with Crippen LogP contribution in [0.5, 0.6) is 0 Å². The fourth-order valence-corrected chi connectivity index (χ4v) is 5.25. The topological polar surface area (TPSA) is 52.6 Å². The predicted molar refractivity (Wildman–Crippen MR) is 160 cm³/mol. The van der Waals surface area contributed by atoms with Gasteiger partial charge < -0.3 is 9.47 Å². The van der Waals surface area contributed by atoms with Crippen molar-refractivity contribution < 1.29 is 19.1 Å². The van der Waals surface area contributed by atoms with Crippen LogP contribution < -0.4 is 0 Å². The van der Waals surface area contributed by atoms with Crippen molar-refractivity contribution in [1.82, 2.24) is 0 Å². The van der Waals surface area contributed by atoms with Crippen LogP contribution in [0.4, 0.5) is 0 Å². The summed E-state index contributed by atoms with van der Waals surface area (Å²) >= 11 is 0. The molecule has 38 heavy (non-hydrogen) atoms. The van der Waals surface area contributed by atoms with Gasteiger partial charge in [0.2, 0.25) is 0 Å². The van der Waals surface area contributed by atoms with E-state index in [9.17, 15) is 9.59 Å². The summed E-state index contributed by atoms with van der Waals surface area (Å²) in [5.41, 5.74) is 0.803. The maximum atomic E-state index is 12.8. The zero-order chi connectivity index (χ0) is 28.2. The summed E-state index contributed by atoms with van der Waals surface area (Å²) in [6.07, 6.45) is 27.6. The minimum Gasteiger partial charge on any atom is -0.459 e. The normalized spacial score (nSPS) is 21.9. The highest BCUT2D eigenvalue weighted by molar-refractivity contribution is 5.90. The highest BCUT2D eigenvalue weighted by Crippen LogP contribution is 2.39. The summed E-state index contributed by atoms with van der Waals surface area (Å²) < 4.78 is 10.6. The number of cyclic esters (lactones) is 2. The molecule has 0 aromatic carbocycles. The second-order valence-corrected chi connectivity index (χ2v) is 11.6. The summed E-state index contributed by atoms with van der Waals surface area (Å²) in [5, 5.41) is 0. The van der Waals surface area contributed by atoms with Crippen molar-refractivity contribution in [2.24, 2.45) is 11.3 Å². The maximum Gasteiger partial charge on any atom is 0.339 e. The first-order chi connectivity index (χ1) is 18.3. The molecule has 0 radical (unpaired) electrons. The van der Waals surface area contributed by atoms with E-state index in [1.807, 2.05) is 6.08 Å². The van der Waals surface area contributed by atoms with Crippen LogP contribution >= 0.6 is 0 Å². The van der Waals surface area contributed by atoms with Crippen LogP contribution in [0.3, 0.4) is 0 Å². The second kappa shape index (κ2) is 20.1. The molecule has 0 fully saturated rings. The smallest absolute Gasteiger partial charge is 0.339 e. The van der Waals surface area contributed by atoms with E-state index in [0.717, 1.165) is 68.6 Å². The number of esters is 2. The molecule has 0 aromatic heterocycles. The number of unbranched alkanes of at least 4 members (excludes halogenated alkanes) is 6. The number of allylic oxidation sites excluding steroid dienone is 4. The van der Waals surface area contributed by atoms with E-state index >= 15 is 0 Å². The summed E-state index contributed by atoms with van der Waals surface area (Å²) in [7, 11) is 0. The van der Waals surface area contributed by atoms with E-state index in [-0.39, 0.29) is 23.5 Å². The van der Waals surface area contributed by atoms with E-state index in [1.165, 1.54) is 57.8 Å². The molecular formula is C34H58O4. The Morgan fingerprint density at radius 3 is 2.24 bits per heavy atom. The molecule has 2 rings (SSSR count). The first-order valence-corrected chi connectivity index (χ1v) is 15.8. The van der Waals surface area contributed by atoms with Gasteiger partial charge in [0.15, 0.2) is 0 Å². The van der Waals surface area contributed by atoms with Gasteiger partial charge in [-0.15, -0.1) is 0 Å². The molecule has 2 aliphatic heterocycles. The lowest BCUT2D eigenvalue weighted by Crippen LogP contribution is -2.29. The average Bonchev–Trinajstić information content (AvgIpc) is 2.97. The Hall–Kier alpha value is -1.84. The van der Waals surface area contributed by atoms with Crippen LogP contribution in [0.25, 0.3) is 0 Å². The van der Waals surface area contributed by atoms with Gasteiger partial charge in [-0.05, 0) is 49.9 Å². The molecule has 0 bridgehead atoms. The van der Waals surface area contributed by atoms with Gasteiger partial charge in [-0.3, -0.25) is 0 Å². The minimum absolute atomic E-state index is 0.0506. The molecule has 2 heterocycles. The zero-order valence-electron chi connectivity index (χ0n) is 25.6. The zero-order valence-corrected chi connectivity index (χ0v) is 25.6. The third kappa shape index (κ3) is 13.8. The number of hydrogen-bond donors (Lipinski definition) is 0. The molecule has 0 amide bonds. The van der Waals surface area contributed by atoms with E-state index in [0.29, 0.717) is 0 Å². The van der Waals surface area contributed by atoms with Crippen molar-refractivity contribution >= 4 is 11.9 Å². The van der Waals surface area contributed by atoms with Crippen LogP contribution in [0, 0.1) is 11.3 Å². The Kier molecular flexibility index (Phi) is 18.1. The fraction of sp³-hybridized carbons (Fsp3) is 0.765. The van der Waals surface area contributed by atoms with Gasteiger partial charge in [0.1, 0.15) is 11.9 Å². The monoisotopic (exact) mass is 530 g/mol. The molecule has 2 aliphatic rings. The van der Waals surface area contributed by atoms with Crippen molar-refractivity contribution in [2.75, 3.05) is 0 Å². The summed E-state index contributed by atoms with van der Waals surface area (Å²) in [4.78, 5) is 23.3. The fourth-order valence-electron chi connectivity index (χ4n) is 5.25. The van der Waals surface area contributed by atoms with Gasteiger partial charge in [-0.2, -0.15) is 0 Å². The van der Waals surface area contributed by atoms with Crippen LogP contribution in [-0.4, -0.2) is 18.0 Å². The first kappa shape index (κ1) is 34.2. The van der Waals surface area contributed by atoms with Crippen molar-refractivity contribution in [3.8, 4) is 0 Å². The van der Waals surface area contributed by atoms with Crippen LogP contribution in [0.15, 0.2) is 35.6 Å². The lowest BCUT2D eigenvalue weighted by Gasteiger charge is -2.32. The van der Waals surface area contributed by atoms with Gasteiger partial charge in [0.05, 0.1) is 6.08 Å². The summed E-state index contributed by atoms with van der Waals surface area (Å²) in [6, 6.07) is 0. The predicted octanol–water partition coefficient (Wildman–Crippen LogP) is 10.2. The third-order valence-electron chi connectivity index (χ3n) is 8.11. The molecule has 4 heteroatoms. The SMILES string of the molecule is CCCC(C)(CCCC(C)CC)/C1=C\C=C\CCC(CC)OC1=O.CCCCCCCCCC1=CC(=O)O1. The van der Waals surface area contributed by atoms with Gasteiger partial charge in [0.25, 0.3) is 0 Å². The molecule has 3 atom stereocenters. The molecule has 0 saturated carbocycles. The Morgan fingerprint density at radius 2 is 1.63 bits per heavy atom. The van der Waals surface area contributed by atoms with Crippen LogP contribution in [-0.2, 0) is 19.1 Å². The molecule has 0 spiro atoms. The molecular weight excluding hydrogens is 472 g/mol. The second-order valence-electron chi connectivity index (χ2n) is 11.6. The van der Waals surface area contributed by atoms with Crippen molar-refractivity contribution in [1.29, 1.82) is 0 Å². The number of carbonyl (C=O) groups excluding carboxylic acids is 2. The highest BCUT2D eigenvalue weighted by Gasteiger charge is 2.34. The van der Waals surface area contributed by atoms with Crippen molar-refractivity contribution in [3.05, 3.63) is 35.6 Å². The Labute approximate surface area is 234 Å². The summed E-state index contributed by atoms with van der Waals surface area (Å²) in [6.45, 7) is 13.4. The van der Waals surface area contributed by atoms with Gasteiger partial charge in [-0.25, -0.2) is 9.59 Å². The third-order valence-corrected chi connectivity index (χ3v) is 8.11. The highest BCUT2D eigenvalue weighted by atomic mass is 16.6. The van der Waals surface area contributed by atoms with E-state index < -0.39 is 0 Å². The van der Waals surface area contributed by atoms with Crippen molar-refractivity contribution in [2.45, 2.75) is 157 Å². The molecule has 4 nitrogen and oxygen atoms in total. The molecule has 3 unspecified atom stereocenters. The lowest BCUT2D eigenvalue weighted by molar-refractivity contribution is -0.146. The lowest BCUT2D eigenvalue weighted by atomic mass is 9.73. The molecule has 0 aliphatic carbocycles. The number of rotatable bonds is 17. The maximum absolute atomic E-state index is 12.8. The molecule has 0 saturated heterocycles. The van der Waals surface area contributed by atoms with Crippen LogP contribution in [0.1, 0.15) is 151 Å². The van der Waals surface area contributed by atoms with E-state index in [1.54, 1.807) is 6.08 Å². The molecule has 0 N–H and O–H groups in total. The van der Waals surface area contributed by atoms with Gasteiger partial charge in [0, 0.05) is 12.0 Å². The quantitative estimate of drug-likeness (QED) is 0.139. The molecule has 218 valence electrons. The van der Waals surface area contributed by atoms with Gasteiger partial charge in [-0.1, -0.05) is 124 Å². The van der Waals surface area contributed by atoms with Crippen LogP contribution in [0.2, 0.25) is 0 Å². The van der Waals surface area contributed by atoms with E-state index in [4.69, 9.17) is 9.47 Å². The van der Waals surface area contributed by atoms with E-state index in [2.05, 4.69) is 53.7 Å². The number of hydrogen-bond acceptors (Lipinski definition) is 4. The Morgan fingerprint density at radius 1 is 0.947 bits per heavy atom. The number of carbonyl (C=O) groups is 2. The first-order valence-electron chi connectivity index (χ1n) is 15.8. The van der Waals surface area contributed by atoms with Crippen molar-refractivity contribution in [3.63, 3.8) is 0 Å². The summed E-state index contributed by atoms with van der Waals surface area (Å²) in [5.74, 6) is 1.38. The molecule has 0 aromatic rings. The number of ether oxygens (including phenoxy) is 2. The standard InChI is InChI=1S/C22H38O2.C12H20O2/c1-6-16-22(5,17-12-13-18(4)7-2)20-15-11-9-10-14-19(8-3)24-21(20)23;1-2-3-4-5-6-7-8-9-11-10-12(13)14-11/h9,11,15,18-19H,6-8,10,12-14,16-17H2,1-5H3;10H,2-9H2,1H3/b11-9+,20-15-;. The average molecular weight is 531 g/mol. The largest absolute Gasteiger partial charge is 0.459 e. The Balaban J connectivity index is 0.000000437.